The van der Waals surface area contributed by atoms with Crippen LogP contribution in [0.25, 0.3) is 11.3 Å². The van der Waals surface area contributed by atoms with Gasteiger partial charge in [-0.15, -0.1) is 0 Å². The lowest BCUT2D eigenvalue weighted by molar-refractivity contribution is -0.137. The molecule has 0 N–H and O–H groups in total. The van der Waals surface area contributed by atoms with E-state index in [-0.39, 0.29) is 6.54 Å². The van der Waals surface area contributed by atoms with Gasteiger partial charge in [0.15, 0.2) is 0 Å². The maximum Gasteiger partial charge on any atom is 0.416 e. The van der Waals surface area contributed by atoms with Crippen LogP contribution in [0.15, 0.2) is 36.7 Å². The molecule has 23 heavy (non-hydrogen) atoms. The summed E-state index contributed by atoms with van der Waals surface area (Å²) in [5.41, 5.74) is 0.381. The second kappa shape index (κ2) is 6.14. The molecule has 122 valence electrons. The Morgan fingerprint density at radius 1 is 1.09 bits per heavy atom. The molecular weight excluding hydrogens is 310 g/mol. The Labute approximate surface area is 131 Å². The second-order valence-electron chi connectivity index (χ2n) is 5.52. The summed E-state index contributed by atoms with van der Waals surface area (Å²) < 4.78 is 51.3. The van der Waals surface area contributed by atoms with Crippen molar-refractivity contribution in [1.82, 2.24) is 9.97 Å². The van der Waals surface area contributed by atoms with Gasteiger partial charge in [-0.2, -0.15) is 13.2 Å². The SMILES string of the molecule is FC1CCCN(c2cc(-c3ccc(C(F)(F)F)cc3)ncn2)C1. The summed E-state index contributed by atoms with van der Waals surface area (Å²) in [6, 6.07) is 6.48. The van der Waals surface area contributed by atoms with Crippen molar-refractivity contribution in [3.8, 4) is 11.3 Å². The lowest BCUT2D eigenvalue weighted by Crippen LogP contribution is -2.36. The van der Waals surface area contributed by atoms with Crippen LogP contribution in [0.4, 0.5) is 23.4 Å². The largest absolute Gasteiger partial charge is 0.416 e. The molecule has 2 heterocycles. The molecule has 1 unspecified atom stereocenters. The van der Waals surface area contributed by atoms with E-state index >= 15 is 0 Å². The first-order chi connectivity index (χ1) is 10.9. The molecule has 1 fully saturated rings. The maximum absolute atomic E-state index is 13.5. The van der Waals surface area contributed by atoms with Gasteiger partial charge in [0, 0.05) is 18.2 Å². The van der Waals surface area contributed by atoms with E-state index < -0.39 is 17.9 Å². The first-order valence-corrected chi connectivity index (χ1v) is 7.32. The fourth-order valence-corrected chi connectivity index (χ4v) is 2.64. The molecule has 0 radical (unpaired) electrons. The fourth-order valence-electron chi connectivity index (χ4n) is 2.64. The zero-order chi connectivity index (χ0) is 16.4. The number of anilines is 1. The summed E-state index contributed by atoms with van der Waals surface area (Å²) in [6.45, 7) is 0.993. The van der Waals surface area contributed by atoms with Crippen molar-refractivity contribution in [1.29, 1.82) is 0 Å². The van der Waals surface area contributed by atoms with Crippen LogP contribution < -0.4 is 4.90 Å². The number of rotatable bonds is 2. The summed E-state index contributed by atoms with van der Waals surface area (Å²) in [7, 11) is 0. The minimum absolute atomic E-state index is 0.281. The summed E-state index contributed by atoms with van der Waals surface area (Å²) in [4.78, 5) is 10.1. The van der Waals surface area contributed by atoms with Crippen molar-refractivity contribution in [2.75, 3.05) is 18.0 Å². The number of halogens is 4. The first kappa shape index (κ1) is 15.7. The molecule has 0 spiro atoms. The van der Waals surface area contributed by atoms with Crippen molar-refractivity contribution in [2.45, 2.75) is 25.2 Å². The normalized spacial score (nSPS) is 19.0. The van der Waals surface area contributed by atoms with E-state index in [1.807, 2.05) is 4.90 Å². The van der Waals surface area contributed by atoms with Gasteiger partial charge in [-0.25, -0.2) is 14.4 Å². The monoisotopic (exact) mass is 325 g/mol. The minimum atomic E-state index is -4.36. The third-order valence-corrected chi connectivity index (χ3v) is 3.85. The van der Waals surface area contributed by atoms with Gasteiger partial charge >= 0.3 is 6.18 Å². The molecule has 7 heteroatoms. The van der Waals surface area contributed by atoms with E-state index in [4.69, 9.17) is 0 Å². The van der Waals surface area contributed by atoms with Crippen LogP contribution in [-0.4, -0.2) is 29.2 Å². The Morgan fingerprint density at radius 2 is 1.83 bits per heavy atom. The van der Waals surface area contributed by atoms with Gasteiger partial charge < -0.3 is 4.90 Å². The van der Waals surface area contributed by atoms with Crippen molar-refractivity contribution in [3.63, 3.8) is 0 Å². The van der Waals surface area contributed by atoms with Crippen LogP contribution in [0.3, 0.4) is 0 Å². The molecule has 3 nitrogen and oxygen atoms in total. The quantitative estimate of drug-likeness (QED) is 0.779. The van der Waals surface area contributed by atoms with E-state index in [0.717, 1.165) is 18.6 Å². The van der Waals surface area contributed by atoms with Gasteiger partial charge in [0.1, 0.15) is 18.3 Å². The molecule has 1 saturated heterocycles. The van der Waals surface area contributed by atoms with Crippen LogP contribution in [0, 0.1) is 0 Å². The number of piperidine rings is 1. The number of alkyl halides is 4. The van der Waals surface area contributed by atoms with E-state index in [2.05, 4.69) is 9.97 Å². The fraction of sp³-hybridized carbons (Fsp3) is 0.375. The Bertz CT molecular complexity index is 670. The van der Waals surface area contributed by atoms with Gasteiger partial charge in [-0.1, -0.05) is 12.1 Å². The highest BCUT2D eigenvalue weighted by atomic mass is 19.4. The standard InChI is InChI=1S/C16H15F4N3/c17-13-2-1-7-23(9-13)15-8-14(21-10-22-15)11-3-5-12(6-4-11)16(18,19)20/h3-6,8,10,13H,1-2,7,9H2. The third kappa shape index (κ3) is 3.60. The number of benzene rings is 1. The molecule has 0 saturated carbocycles. The molecular formula is C16H15F4N3. The summed E-state index contributed by atoms with van der Waals surface area (Å²) >= 11 is 0. The van der Waals surface area contributed by atoms with Gasteiger partial charge in [0.2, 0.25) is 0 Å². The van der Waals surface area contributed by atoms with Crippen molar-refractivity contribution >= 4 is 5.82 Å². The smallest absolute Gasteiger partial charge is 0.354 e. The van der Waals surface area contributed by atoms with Crippen LogP contribution in [0.1, 0.15) is 18.4 Å². The Hall–Kier alpha value is -2.18. The Kier molecular flexibility index (Phi) is 4.19. The lowest BCUT2D eigenvalue weighted by atomic mass is 10.1. The maximum atomic E-state index is 13.5. The van der Waals surface area contributed by atoms with Gasteiger partial charge in [0.25, 0.3) is 0 Å². The van der Waals surface area contributed by atoms with Crippen LogP contribution in [-0.2, 0) is 6.18 Å². The Morgan fingerprint density at radius 3 is 2.48 bits per heavy atom. The molecule has 0 bridgehead atoms. The first-order valence-electron chi connectivity index (χ1n) is 7.32. The zero-order valence-electron chi connectivity index (χ0n) is 12.2. The lowest BCUT2D eigenvalue weighted by Gasteiger charge is -2.29. The van der Waals surface area contributed by atoms with Crippen LogP contribution in [0.2, 0.25) is 0 Å². The molecule has 1 aromatic heterocycles. The average molecular weight is 325 g/mol. The molecule has 2 aromatic rings. The zero-order valence-corrected chi connectivity index (χ0v) is 12.2. The molecule has 0 amide bonds. The molecule has 1 aliphatic rings. The highest BCUT2D eigenvalue weighted by molar-refractivity contribution is 5.63. The summed E-state index contributed by atoms with van der Waals surface area (Å²) in [5, 5.41) is 0. The number of hydrogen-bond acceptors (Lipinski definition) is 3. The topological polar surface area (TPSA) is 29.0 Å². The predicted octanol–water partition coefficient (Wildman–Crippen LogP) is 4.10. The average Bonchev–Trinajstić information content (AvgIpc) is 2.54. The van der Waals surface area contributed by atoms with Crippen LogP contribution >= 0.6 is 0 Å². The molecule has 0 aliphatic carbocycles. The van der Waals surface area contributed by atoms with E-state index in [0.29, 0.717) is 30.0 Å². The second-order valence-corrected chi connectivity index (χ2v) is 5.52. The van der Waals surface area contributed by atoms with Crippen molar-refractivity contribution in [2.24, 2.45) is 0 Å². The van der Waals surface area contributed by atoms with Crippen molar-refractivity contribution < 1.29 is 17.6 Å². The molecule has 1 aliphatic heterocycles. The van der Waals surface area contributed by atoms with Crippen LogP contribution in [0.5, 0.6) is 0 Å². The summed E-state index contributed by atoms with van der Waals surface area (Å²) in [6.07, 6.45) is -2.59. The number of aromatic nitrogens is 2. The highest BCUT2D eigenvalue weighted by Crippen LogP contribution is 2.31. The summed E-state index contributed by atoms with van der Waals surface area (Å²) in [5.74, 6) is 0.595. The number of hydrogen-bond donors (Lipinski definition) is 0. The van der Waals surface area contributed by atoms with E-state index in [1.54, 1.807) is 6.07 Å². The van der Waals surface area contributed by atoms with E-state index in [1.165, 1.54) is 18.5 Å². The Balaban J connectivity index is 1.85. The third-order valence-electron chi connectivity index (χ3n) is 3.85. The predicted molar refractivity (Wildman–Crippen MR) is 78.8 cm³/mol. The van der Waals surface area contributed by atoms with Gasteiger partial charge in [-0.05, 0) is 25.0 Å². The van der Waals surface area contributed by atoms with Gasteiger partial charge in [-0.3, -0.25) is 0 Å². The van der Waals surface area contributed by atoms with Crippen molar-refractivity contribution in [3.05, 3.63) is 42.2 Å². The minimum Gasteiger partial charge on any atom is -0.354 e. The number of nitrogens with zero attached hydrogens (tertiary/aromatic N) is 3. The highest BCUT2D eigenvalue weighted by Gasteiger charge is 2.30. The molecule has 3 rings (SSSR count). The van der Waals surface area contributed by atoms with Gasteiger partial charge in [0.05, 0.1) is 17.8 Å². The molecule has 1 aromatic carbocycles. The molecule has 1 atom stereocenters. The van der Waals surface area contributed by atoms with E-state index in [9.17, 15) is 17.6 Å².